The molecule has 30 heavy (non-hydrogen) atoms. The van der Waals surface area contributed by atoms with Gasteiger partial charge in [0.05, 0.1) is 10.6 Å². The molecular weight excluding hydrogens is 404 g/mol. The van der Waals surface area contributed by atoms with Gasteiger partial charge in [-0.3, -0.25) is 4.98 Å². The summed E-state index contributed by atoms with van der Waals surface area (Å²) in [6.07, 6.45) is 3.83. The number of nitrogen functional groups attached to an aromatic ring is 1. The highest BCUT2D eigenvalue weighted by Crippen LogP contribution is 2.54. The van der Waals surface area contributed by atoms with E-state index in [1.54, 1.807) is 24.3 Å². The number of hydrogen-bond acceptors (Lipinski definition) is 7. The number of anilines is 2. The number of carbonyl (C=O) groups is 1. The lowest BCUT2D eigenvalue weighted by Gasteiger charge is -2.17. The van der Waals surface area contributed by atoms with Crippen LogP contribution in [0.4, 0.5) is 16.3 Å². The van der Waals surface area contributed by atoms with Crippen molar-refractivity contribution >= 4 is 27.4 Å². The maximum absolute atomic E-state index is 13.3. The maximum Gasteiger partial charge on any atom is 0.318 e. The maximum atomic E-state index is 13.3. The molecule has 0 saturated heterocycles. The summed E-state index contributed by atoms with van der Waals surface area (Å²) >= 11 is 0. The van der Waals surface area contributed by atoms with Crippen LogP contribution in [-0.2, 0) is 14.6 Å². The fraction of sp³-hybridized carbons (Fsp3) is 0.200. The summed E-state index contributed by atoms with van der Waals surface area (Å²) in [5, 5.41) is 5.14. The van der Waals surface area contributed by atoms with Crippen molar-refractivity contribution in [2.24, 2.45) is 0 Å². The first-order valence-corrected chi connectivity index (χ1v) is 10.7. The molecule has 1 saturated carbocycles. The van der Waals surface area contributed by atoms with E-state index >= 15 is 0 Å². The smallest absolute Gasteiger partial charge is 0.318 e. The Kier molecular flexibility index (Phi) is 4.86. The molecule has 1 fully saturated rings. The number of rotatable bonds is 5. The Hall–Kier alpha value is -3.53. The molecule has 0 unspecified atom stereocenters. The minimum absolute atomic E-state index is 0.193. The number of nitrogens with zero attached hydrogens (tertiary/aromatic N) is 3. The summed E-state index contributed by atoms with van der Waals surface area (Å²) in [6.45, 7) is 0. The molecule has 3 aromatic rings. The molecule has 0 spiro atoms. The SMILES string of the molecule is CNC(=O)Nc1ccc(-c2nc(N)cc(C3(S(=O)(=O)c4ccncc4)CC3)n2)cc1. The van der Waals surface area contributed by atoms with E-state index in [1.165, 1.54) is 37.6 Å². The van der Waals surface area contributed by atoms with E-state index < -0.39 is 14.6 Å². The van der Waals surface area contributed by atoms with Gasteiger partial charge in [0.15, 0.2) is 15.7 Å². The molecular formula is C20H20N6O3S. The van der Waals surface area contributed by atoms with Gasteiger partial charge in [0.25, 0.3) is 0 Å². The van der Waals surface area contributed by atoms with E-state index in [0.29, 0.717) is 35.6 Å². The van der Waals surface area contributed by atoms with Crippen LogP contribution in [0.15, 0.2) is 59.8 Å². The van der Waals surface area contributed by atoms with Crippen LogP contribution < -0.4 is 16.4 Å². The number of urea groups is 1. The first-order chi connectivity index (χ1) is 14.4. The molecule has 9 nitrogen and oxygen atoms in total. The van der Waals surface area contributed by atoms with Crippen molar-refractivity contribution in [1.82, 2.24) is 20.3 Å². The van der Waals surface area contributed by atoms with Crippen molar-refractivity contribution in [3.8, 4) is 11.4 Å². The zero-order chi connectivity index (χ0) is 21.4. The highest BCUT2D eigenvalue weighted by atomic mass is 32.2. The van der Waals surface area contributed by atoms with E-state index in [4.69, 9.17) is 5.73 Å². The molecule has 4 N–H and O–H groups in total. The van der Waals surface area contributed by atoms with E-state index in [0.717, 1.165) is 0 Å². The molecule has 1 aromatic carbocycles. The average Bonchev–Trinajstić information content (AvgIpc) is 3.57. The Balaban J connectivity index is 1.70. The third kappa shape index (κ3) is 3.45. The number of hydrogen-bond donors (Lipinski definition) is 3. The second-order valence-electron chi connectivity index (χ2n) is 6.96. The van der Waals surface area contributed by atoms with Gasteiger partial charge in [-0.15, -0.1) is 0 Å². The van der Waals surface area contributed by atoms with Gasteiger partial charge in [-0.1, -0.05) is 0 Å². The van der Waals surface area contributed by atoms with Crippen LogP contribution in [0.1, 0.15) is 18.5 Å². The van der Waals surface area contributed by atoms with Gasteiger partial charge in [-0.05, 0) is 49.2 Å². The molecule has 2 amide bonds. The zero-order valence-corrected chi connectivity index (χ0v) is 17.0. The van der Waals surface area contributed by atoms with Crippen molar-refractivity contribution in [3.05, 3.63) is 60.6 Å². The third-order valence-corrected chi connectivity index (χ3v) is 7.56. The number of carbonyl (C=O) groups excluding carboxylic acids is 1. The minimum Gasteiger partial charge on any atom is -0.384 e. The van der Waals surface area contributed by atoms with Crippen molar-refractivity contribution in [3.63, 3.8) is 0 Å². The van der Waals surface area contributed by atoms with Crippen LogP contribution in [0, 0.1) is 0 Å². The van der Waals surface area contributed by atoms with Crippen LogP contribution in [0.2, 0.25) is 0 Å². The lowest BCUT2D eigenvalue weighted by molar-refractivity contribution is 0.254. The summed E-state index contributed by atoms with van der Waals surface area (Å²) < 4.78 is 25.4. The Morgan fingerprint density at radius 2 is 1.73 bits per heavy atom. The van der Waals surface area contributed by atoms with Crippen molar-refractivity contribution in [1.29, 1.82) is 0 Å². The second-order valence-corrected chi connectivity index (χ2v) is 9.22. The molecule has 2 heterocycles. The first-order valence-electron chi connectivity index (χ1n) is 9.25. The summed E-state index contributed by atoms with van der Waals surface area (Å²) in [5.74, 6) is 0.520. The van der Waals surface area contributed by atoms with Gasteiger partial charge < -0.3 is 16.4 Å². The summed E-state index contributed by atoms with van der Waals surface area (Å²) in [7, 11) is -2.13. The molecule has 0 radical (unpaired) electrons. The molecule has 0 atom stereocenters. The predicted molar refractivity (Wildman–Crippen MR) is 112 cm³/mol. The number of benzene rings is 1. The lowest BCUT2D eigenvalue weighted by atomic mass is 10.1. The zero-order valence-electron chi connectivity index (χ0n) is 16.2. The van der Waals surface area contributed by atoms with E-state index in [1.807, 2.05) is 0 Å². The van der Waals surface area contributed by atoms with Crippen molar-refractivity contribution in [2.45, 2.75) is 22.5 Å². The number of pyridine rings is 1. The monoisotopic (exact) mass is 424 g/mol. The fourth-order valence-electron chi connectivity index (χ4n) is 3.24. The number of nitrogens with one attached hydrogen (secondary N) is 2. The second kappa shape index (κ2) is 7.38. The van der Waals surface area contributed by atoms with E-state index in [9.17, 15) is 13.2 Å². The molecule has 4 rings (SSSR count). The van der Waals surface area contributed by atoms with Gasteiger partial charge in [0.2, 0.25) is 0 Å². The Morgan fingerprint density at radius 1 is 1.07 bits per heavy atom. The van der Waals surface area contributed by atoms with Crippen LogP contribution in [0.25, 0.3) is 11.4 Å². The van der Waals surface area contributed by atoms with Gasteiger partial charge >= 0.3 is 6.03 Å². The molecule has 10 heteroatoms. The average molecular weight is 424 g/mol. The normalized spacial score (nSPS) is 14.7. The Morgan fingerprint density at radius 3 is 2.33 bits per heavy atom. The molecule has 154 valence electrons. The Labute approximate surface area is 173 Å². The van der Waals surface area contributed by atoms with Gasteiger partial charge in [-0.2, -0.15) is 0 Å². The Bertz CT molecular complexity index is 1190. The highest BCUT2D eigenvalue weighted by Gasteiger charge is 2.57. The number of nitrogens with two attached hydrogens (primary N) is 1. The summed E-state index contributed by atoms with van der Waals surface area (Å²) in [6, 6.07) is 11.0. The summed E-state index contributed by atoms with van der Waals surface area (Å²) in [5.41, 5.74) is 7.63. The molecule has 2 aromatic heterocycles. The van der Waals surface area contributed by atoms with E-state index in [2.05, 4.69) is 25.6 Å². The van der Waals surface area contributed by atoms with Crippen molar-refractivity contribution in [2.75, 3.05) is 18.1 Å². The lowest BCUT2D eigenvalue weighted by Crippen LogP contribution is -2.24. The van der Waals surface area contributed by atoms with Crippen LogP contribution >= 0.6 is 0 Å². The van der Waals surface area contributed by atoms with Gasteiger partial charge in [-0.25, -0.2) is 23.2 Å². The van der Waals surface area contributed by atoms with Crippen molar-refractivity contribution < 1.29 is 13.2 Å². The molecule has 0 bridgehead atoms. The first kappa shape index (κ1) is 19.8. The van der Waals surface area contributed by atoms with Crippen LogP contribution in [-0.4, -0.2) is 36.4 Å². The topological polar surface area (TPSA) is 140 Å². The third-order valence-electron chi connectivity index (χ3n) is 5.02. The van der Waals surface area contributed by atoms with Crippen LogP contribution in [0.3, 0.4) is 0 Å². The number of amides is 2. The largest absolute Gasteiger partial charge is 0.384 e. The predicted octanol–water partition coefficient (Wildman–Crippen LogP) is 2.34. The molecule has 1 aliphatic carbocycles. The standard InChI is InChI=1S/C20H20N6O3S/c1-22-19(27)24-14-4-2-13(3-5-14)18-25-16(12-17(21)26-18)20(8-9-20)30(28,29)15-6-10-23-11-7-15/h2-7,10-12H,8-9H2,1H3,(H2,21,25,26)(H2,22,24,27). The molecule has 1 aliphatic rings. The quantitative estimate of drug-likeness (QED) is 0.571. The summed E-state index contributed by atoms with van der Waals surface area (Å²) in [4.78, 5) is 24.3. The minimum atomic E-state index is -3.66. The highest BCUT2D eigenvalue weighted by molar-refractivity contribution is 7.92. The van der Waals surface area contributed by atoms with E-state index in [-0.39, 0.29) is 16.7 Å². The van der Waals surface area contributed by atoms with Gasteiger partial charge in [0.1, 0.15) is 10.6 Å². The number of sulfone groups is 1. The molecule has 0 aliphatic heterocycles. The number of aromatic nitrogens is 3. The fourth-order valence-corrected chi connectivity index (χ4v) is 5.19. The van der Waals surface area contributed by atoms with Gasteiger partial charge in [0, 0.05) is 36.8 Å². The van der Waals surface area contributed by atoms with Crippen LogP contribution in [0.5, 0.6) is 0 Å².